The summed E-state index contributed by atoms with van der Waals surface area (Å²) in [6.45, 7) is 11.0. The molecule has 0 saturated carbocycles. The number of aromatic nitrogens is 3. The van der Waals surface area contributed by atoms with E-state index < -0.39 is 17.4 Å². The van der Waals surface area contributed by atoms with Crippen molar-refractivity contribution in [1.29, 1.82) is 0 Å². The number of amides is 2. The zero-order chi connectivity index (χ0) is 37.1. The molecule has 5 rings (SSSR count). The maximum Gasteiger partial charge on any atom is 0.308 e. The van der Waals surface area contributed by atoms with Gasteiger partial charge in [0.25, 0.3) is 5.91 Å². The van der Waals surface area contributed by atoms with E-state index in [1.165, 1.54) is 11.6 Å². The minimum atomic E-state index is -1.28. The fourth-order valence-corrected chi connectivity index (χ4v) is 5.15. The Hall–Kier alpha value is -5.55. The maximum atomic E-state index is 13.6. The summed E-state index contributed by atoms with van der Waals surface area (Å²) in [5, 5.41) is 14.1. The van der Waals surface area contributed by atoms with Crippen LogP contribution in [0, 0.1) is 19.3 Å². The van der Waals surface area contributed by atoms with Crippen molar-refractivity contribution >= 4 is 57.6 Å². The number of ketones is 1. The third-order valence-electron chi connectivity index (χ3n) is 7.51. The van der Waals surface area contributed by atoms with Crippen molar-refractivity contribution in [3.63, 3.8) is 0 Å². The number of rotatable bonds is 11. The van der Waals surface area contributed by atoms with Crippen molar-refractivity contribution in [3.05, 3.63) is 107 Å². The average Bonchev–Trinajstić information content (AvgIpc) is 3.49. The molecular formula is C39H42ClN5O6. The number of nitrogens with one attached hydrogen (secondary N) is 2. The number of ether oxygens (including phenoxy) is 2. The van der Waals surface area contributed by atoms with Crippen LogP contribution in [0.5, 0.6) is 11.5 Å². The Labute approximate surface area is 302 Å². The number of hydrogen-bond donors (Lipinski definition) is 2. The molecule has 0 bridgehead atoms. The van der Waals surface area contributed by atoms with Gasteiger partial charge in [-0.1, -0.05) is 85.6 Å². The van der Waals surface area contributed by atoms with E-state index in [9.17, 15) is 19.2 Å². The van der Waals surface area contributed by atoms with Gasteiger partial charge < -0.3 is 20.1 Å². The van der Waals surface area contributed by atoms with Crippen molar-refractivity contribution < 1.29 is 28.7 Å². The van der Waals surface area contributed by atoms with Crippen LogP contribution in [0.25, 0.3) is 11.0 Å². The maximum absolute atomic E-state index is 13.6. The monoisotopic (exact) mass is 711 g/mol. The highest BCUT2D eigenvalue weighted by Crippen LogP contribution is 2.30. The molecule has 1 aromatic heterocycles. The quantitative estimate of drug-likeness (QED) is 0.0610. The van der Waals surface area contributed by atoms with Gasteiger partial charge in [-0.05, 0) is 74.4 Å². The molecule has 0 saturated heterocycles. The van der Waals surface area contributed by atoms with E-state index in [2.05, 4.69) is 20.9 Å². The zero-order valence-corrected chi connectivity index (χ0v) is 30.3. The summed E-state index contributed by atoms with van der Waals surface area (Å²) in [6, 6.07) is 25.5. The van der Waals surface area contributed by atoms with Crippen LogP contribution in [0.3, 0.4) is 0 Å². The van der Waals surface area contributed by atoms with Gasteiger partial charge in [0.1, 0.15) is 17.0 Å². The number of nitrogens with zero attached hydrogens (tertiary/aromatic N) is 3. The molecule has 0 aliphatic carbocycles. The minimum absolute atomic E-state index is 0.205. The molecule has 0 aliphatic rings. The second-order valence-electron chi connectivity index (χ2n) is 12.9. The normalized spacial score (nSPS) is 11.5. The molecule has 1 unspecified atom stereocenters. The number of hydrogen-bond acceptors (Lipinski definition) is 8. The van der Waals surface area contributed by atoms with E-state index in [4.69, 9.17) is 21.1 Å². The van der Waals surface area contributed by atoms with Crippen LogP contribution in [0.15, 0.2) is 91.0 Å². The molecule has 1 heterocycles. The fraction of sp³-hybridized carbons (Fsp3) is 0.282. The number of halogens is 1. The Morgan fingerprint density at radius 3 is 2.27 bits per heavy atom. The van der Waals surface area contributed by atoms with E-state index >= 15 is 0 Å². The molecule has 1 atom stereocenters. The highest BCUT2D eigenvalue weighted by molar-refractivity contribution is 6.34. The number of Topliss-reactive ketones (excluding diaryl/α,β-unsaturated/α-hetero) is 1. The number of aryl methyl sites for hydroxylation is 2. The second kappa shape index (κ2) is 17.4. The number of benzene rings is 4. The predicted molar refractivity (Wildman–Crippen MR) is 198 cm³/mol. The molecule has 0 spiro atoms. The van der Waals surface area contributed by atoms with E-state index in [1.807, 2.05) is 50.2 Å². The molecule has 11 nitrogen and oxygen atoms in total. The van der Waals surface area contributed by atoms with Crippen molar-refractivity contribution in [2.45, 2.75) is 60.4 Å². The van der Waals surface area contributed by atoms with Crippen LogP contribution in [-0.2, 0) is 19.2 Å². The molecular weight excluding hydrogens is 670 g/mol. The first-order valence-corrected chi connectivity index (χ1v) is 16.8. The first-order valence-electron chi connectivity index (χ1n) is 16.4. The first kappa shape index (κ1) is 38.3. The smallest absolute Gasteiger partial charge is 0.308 e. The Bertz CT molecular complexity index is 2000. The van der Waals surface area contributed by atoms with Crippen molar-refractivity contribution in [3.8, 4) is 11.5 Å². The third kappa shape index (κ3) is 11.0. The Morgan fingerprint density at radius 2 is 1.59 bits per heavy atom. The third-order valence-corrected chi connectivity index (χ3v) is 7.84. The van der Waals surface area contributed by atoms with Crippen LogP contribution in [0.4, 0.5) is 11.4 Å². The molecule has 4 aromatic carbocycles. The minimum Gasteiger partial charge on any atom is -0.493 e. The lowest BCUT2D eigenvalue weighted by molar-refractivity contribution is -0.136. The lowest BCUT2D eigenvalue weighted by atomic mass is 9.86. The summed E-state index contributed by atoms with van der Waals surface area (Å²) in [6.07, 6.45) is 0.773. The Balaban J connectivity index is 0.000000502. The number of carbonyl (C=O) groups excluding carboxylic acids is 4. The zero-order valence-electron chi connectivity index (χ0n) is 29.5. The van der Waals surface area contributed by atoms with Crippen molar-refractivity contribution in [2.24, 2.45) is 5.41 Å². The molecule has 266 valence electrons. The van der Waals surface area contributed by atoms with Gasteiger partial charge in [-0.3, -0.25) is 19.2 Å². The van der Waals surface area contributed by atoms with E-state index in [0.717, 1.165) is 16.9 Å². The van der Waals surface area contributed by atoms with Gasteiger partial charge in [0.15, 0.2) is 11.8 Å². The summed E-state index contributed by atoms with van der Waals surface area (Å²) < 4.78 is 11.9. The fourth-order valence-electron chi connectivity index (χ4n) is 4.98. The lowest BCUT2D eigenvalue weighted by Crippen LogP contribution is -2.39. The highest BCUT2D eigenvalue weighted by Gasteiger charge is 2.38. The van der Waals surface area contributed by atoms with E-state index in [0.29, 0.717) is 35.5 Å². The summed E-state index contributed by atoms with van der Waals surface area (Å²) in [5.74, 6) is -0.0510. The molecule has 2 N–H and O–H groups in total. The largest absolute Gasteiger partial charge is 0.493 e. The van der Waals surface area contributed by atoms with Crippen molar-refractivity contribution in [1.82, 2.24) is 15.0 Å². The van der Waals surface area contributed by atoms with Gasteiger partial charge in [0.2, 0.25) is 5.91 Å². The Kier molecular flexibility index (Phi) is 13.1. The molecule has 2 amide bonds. The van der Waals surface area contributed by atoms with Crippen LogP contribution < -0.4 is 20.1 Å². The average molecular weight is 712 g/mol. The molecule has 0 radical (unpaired) electrons. The van der Waals surface area contributed by atoms with Crippen LogP contribution in [0.1, 0.15) is 57.7 Å². The summed E-state index contributed by atoms with van der Waals surface area (Å²) in [7, 11) is 0. The molecule has 0 aliphatic heterocycles. The van der Waals surface area contributed by atoms with Crippen LogP contribution in [-0.4, -0.2) is 45.2 Å². The summed E-state index contributed by atoms with van der Waals surface area (Å²) in [4.78, 5) is 50.0. The van der Waals surface area contributed by atoms with Crippen LogP contribution >= 0.6 is 11.6 Å². The summed E-state index contributed by atoms with van der Waals surface area (Å²) >= 11 is 6.39. The van der Waals surface area contributed by atoms with Gasteiger partial charge in [-0.2, -0.15) is 0 Å². The number of esters is 1. The molecule has 51 heavy (non-hydrogen) atoms. The van der Waals surface area contributed by atoms with Crippen molar-refractivity contribution in [2.75, 3.05) is 17.2 Å². The number of para-hydroxylation sites is 2. The van der Waals surface area contributed by atoms with Gasteiger partial charge in [0.05, 0.1) is 22.8 Å². The second-order valence-corrected chi connectivity index (χ2v) is 13.3. The number of anilines is 2. The highest BCUT2D eigenvalue weighted by atomic mass is 35.5. The lowest BCUT2D eigenvalue weighted by Gasteiger charge is -2.24. The first-order chi connectivity index (χ1) is 24.2. The topological polar surface area (TPSA) is 142 Å². The van der Waals surface area contributed by atoms with E-state index in [1.54, 1.807) is 75.4 Å². The van der Waals surface area contributed by atoms with E-state index in [-0.39, 0.29) is 34.8 Å². The SMILES string of the molecule is CC(=O)Oc1ccccc1.Cc1ccc(OCCCC(=O)Nc2ccc(Cl)c(NC(=O)C(C(=O)C(C)(C)C)n3nnc4ccccc43)c2)c(C)c1. The van der Waals surface area contributed by atoms with Crippen LogP contribution in [0.2, 0.25) is 5.02 Å². The van der Waals surface area contributed by atoms with Gasteiger partial charge >= 0.3 is 5.97 Å². The molecule has 12 heteroatoms. The molecule has 0 fully saturated rings. The summed E-state index contributed by atoms with van der Waals surface area (Å²) in [5.41, 5.74) is 3.20. The number of carbonyl (C=O) groups is 4. The Morgan fingerprint density at radius 1 is 0.882 bits per heavy atom. The standard InChI is InChI=1S/C31H34ClN5O4.C8H8O2/c1-19-12-15-26(20(2)17-19)41-16-8-11-27(38)33-21-13-14-22(32)24(18-21)34-30(40)28(29(39)31(3,4)5)37-25-10-7-6-9-23(25)35-36-37;1-7(9)10-8-5-3-2-4-6-8/h6-7,9-10,12-15,17-18,28H,8,11,16H2,1-5H3,(H,33,38)(H,34,40);2-6H,1H3. The van der Waals surface area contributed by atoms with Gasteiger partial charge in [0, 0.05) is 24.4 Å². The predicted octanol–water partition coefficient (Wildman–Crippen LogP) is 7.91. The van der Waals surface area contributed by atoms with Gasteiger partial charge in [-0.15, -0.1) is 5.10 Å². The van der Waals surface area contributed by atoms with Gasteiger partial charge in [-0.25, -0.2) is 4.68 Å². The number of fused-ring (bicyclic) bond motifs is 1. The molecule has 5 aromatic rings.